The molecule has 1 aliphatic rings. The highest BCUT2D eigenvalue weighted by atomic mass is 32.2. The Morgan fingerprint density at radius 1 is 0.921 bits per heavy atom. The van der Waals surface area contributed by atoms with E-state index in [2.05, 4.69) is 0 Å². The molecule has 11 heteroatoms. The van der Waals surface area contributed by atoms with Crippen molar-refractivity contribution in [3.05, 3.63) is 90.0 Å². The number of fused-ring (bicyclic) bond motifs is 1. The van der Waals surface area contributed by atoms with E-state index in [0.717, 1.165) is 9.21 Å². The number of sulfonamides is 1. The van der Waals surface area contributed by atoms with Crippen molar-refractivity contribution in [1.29, 1.82) is 0 Å². The van der Waals surface area contributed by atoms with Gasteiger partial charge < -0.3 is 4.74 Å². The molecule has 0 spiro atoms. The second-order valence-corrected chi connectivity index (χ2v) is 11.5. The molecule has 0 fully saturated rings. The molecule has 0 saturated heterocycles. The molecule has 0 saturated carbocycles. The average molecular weight is 538 g/mol. The molecule has 0 aromatic heterocycles. The normalized spacial score (nSPS) is 14.4. The summed E-state index contributed by atoms with van der Waals surface area (Å²) in [5.74, 6) is -1.10. The third kappa shape index (κ3) is 5.03. The minimum absolute atomic E-state index is 0.118. The van der Waals surface area contributed by atoms with Crippen LogP contribution in [0.3, 0.4) is 0 Å². The lowest BCUT2D eigenvalue weighted by atomic mass is 9.83. The van der Waals surface area contributed by atoms with Crippen molar-refractivity contribution in [3.8, 4) is 11.5 Å². The van der Waals surface area contributed by atoms with Gasteiger partial charge in [-0.25, -0.2) is 13.9 Å². The van der Waals surface area contributed by atoms with E-state index in [1.807, 2.05) is 6.07 Å². The topological polar surface area (TPSA) is 133 Å². The van der Waals surface area contributed by atoms with Crippen LogP contribution in [0.5, 0.6) is 11.5 Å². The molecule has 2 N–H and O–H groups in total. The van der Waals surface area contributed by atoms with Crippen molar-refractivity contribution in [3.63, 3.8) is 0 Å². The fourth-order valence-corrected chi connectivity index (χ4v) is 6.03. The highest BCUT2D eigenvalue weighted by Crippen LogP contribution is 2.34. The Kier molecular flexibility index (Phi) is 7.36. The largest absolute Gasteiger partial charge is 0.457 e. The first-order chi connectivity index (χ1) is 18.0. The van der Waals surface area contributed by atoms with Gasteiger partial charge in [0.05, 0.1) is 16.0 Å². The van der Waals surface area contributed by atoms with E-state index < -0.39 is 39.2 Å². The summed E-state index contributed by atoms with van der Waals surface area (Å²) in [7, 11) is -3.06. The first-order valence-electron chi connectivity index (χ1n) is 11.7. The maximum absolute atomic E-state index is 13.5. The summed E-state index contributed by atoms with van der Waals surface area (Å²) in [5, 5.41) is 9.45. The van der Waals surface area contributed by atoms with E-state index in [0.29, 0.717) is 11.5 Å². The summed E-state index contributed by atoms with van der Waals surface area (Å²) in [6.45, 7) is 2.81. The third-order valence-corrected chi connectivity index (χ3v) is 8.22. The van der Waals surface area contributed by atoms with Crippen LogP contribution in [0, 0.1) is 5.41 Å². The van der Waals surface area contributed by atoms with Crippen molar-refractivity contribution >= 4 is 27.7 Å². The number of carbonyl (C=O) groups excluding carboxylic acids is 3. The molecule has 1 aliphatic heterocycles. The smallest absolute Gasteiger partial charge is 0.262 e. The van der Waals surface area contributed by atoms with Crippen LogP contribution in [0.4, 0.5) is 0 Å². The van der Waals surface area contributed by atoms with E-state index in [1.165, 1.54) is 48.9 Å². The number of hydrogen-bond acceptors (Lipinski definition) is 7. The van der Waals surface area contributed by atoms with Crippen molar-refractivity contribution in [2.45, 2.75) is 24.8 Å². The number of nitrogens with one attached hydrogen (secondary N) is 1. The van der Waals surface area contributed by atoms with Gasteiger partial charge in [-0.1, -0.05) is 44.2 Å². The fraction of sp³-hybridized carbons (Fsp3) is 0.222. The number of hydrogen-bond donors (Lipinski definition) is 2. The summed E-state index contributed by atoms with van der Waals surface area (Å²) < 4.78 is 33.6. The molecule has 4 rings (SSSR count). The lowest BCUT2D eigenvalue weighted by Crippen LogP contribution is -2.58. The van der Waals surface area contributed by atoms with Gasteiger partial charge in [0.25, 0.3) is 17.7 Å². The van der Waals surface area contributed by atoms with Crippen LogP contribution in [-0.2, 0) is 14.8 Å². The third-order valence-electron chi connectivity index (χ3n) is 6.39. The zero-order valence-corrected chi connectivity index (χ0v) is 21.8. The molecular weight excluding hydrogens is 510 g/mol. The predicted octanol–water partition coefficient (Wildman–Crippen LogP) is 3.30. The molecule has 1 atom stereocenters. The van der Waals surface area contributed by atoms with Gasteiger partial charge in [0.15, 0.2) is 0 Å². The second-order valence-electron chi connectivity index (χ2n) is 9.52. The predicted molar refractivity (Wildman–Crippen MR) is 137 cm³/mol. The van der Waals surface area contributed by atoms with Gasteiger partial charge in [0.2, 0.25) is 10.0 Å². The minimum Gasteiger partial charge on any atom is -0.457 e. The van der Waals surface area contributed by atoms with Crippen LogP contribution in [-0.4, -0.2) is 60.2 Å². The number of para-hydroxylation sites is 1. The van der Waals surface area contributed by atoms with Crippen molar-refractivity contribution in [1.82, 2.24) is 14.7 Å². The first-order valence-corrected chi connectivity index (χ1v) is 13.1. The lowest BCUT2D eigenvalue weighted by molar-refractivity contribution is -0.136. The monoisotopic (exact) mass is 537 g/mol. The molecular formula is C27H27N3O7S. The van der Waals surface area contributed by atoms with E-state index >= 15 is 0 Å². The maximum Gasteiger partial charge on any atom is 0.262 e. The van der Waals surface area contributed by atoms with E-state index in [-0.39, 0.29) is 22.6 Å². The van der Waals surface area contributed by atoms with Crippen LogP contribution >= 0.6 is 0 Å². The van der Waals surface area contributed by atoms with Gasteiger partial charge >= 0.3 is 0 Å². The summed E-state index contributed by atoms with van der Waals surface area (Å²) in [6.07, 6.45) is 0. The first kappa shape index (κ1) is 27.0. The van der Waals surface area contributed by atoms with Gasteiger partial charge in [-0.2, -0.15) is 4.31 Å². The second kappa shape index (κ2) is 10.4. The molecule has 38 heavy (non-hydrogen) atoms. The fourth-order valence-electron chi connectivity index (χ4n) is 4.56. The minimum atomic E-state index is -4.26. The van der Waals surface area contributed by atoms with Crippen LogP contribution < -0.4 is 10.2 Å². The zero-order valence-electron chi connectivity index (χ0n) is 21.0. The molecule has 1 unspecified atom stereocenters. The number of rotatable bonds is 9. The van der Waals surface area contributed by atoms with Crippen LogP contribution in [0.15, 0.2) is 83.8 Å². The van der Waals surface area contributed by atoms with Gasteiger partial charge in [-0.05, 0) is 48.5 Å². The molecule has 3 amide bonds. The Balaban J connectivity index is 1.59. The highest BCUT2D eigenvalue weighted by molar-refractivity contribution is 7.89. The Bertz CT molecular complexity index is 1440. The quantitative estimate of drug-likeness (QED) is 0.243. The zero-order chi connectivity index (χ0) is 27.7. The molecule has 0 aliphatic carbocycles. The molecule has 1 heterocycles. The van der Waals surface area contributed by atoms with Gasteiger partial charge in [0.1, 0.15) is 17.5 Å². The van der Waals surface area contributed by atoms with Crippen LogP contribution in [0.25, 0.3) is 0 Å². The van der Waals surface area contributed by atoms with E-state index in [9.17, 15) is 28.0 Å². The van der Waals surface area contributed by atoms with Gasteiger partial charge in [-0.15, -0.1) is 0 Å². The number of benzene rings is 3. The van der Waals surface area contributed by atoms with Crippen LogP contribution in [0.1, 0.15) is 34.6 Å². The van der Waals surface area contributed by atoms with Gasteiger partial charge in [0, 0.05) is 19.0 Å². The van der Waals surface area contributed by atoms with Crippen molar-refractivity contribution < 1.29 is 32.7 Å². The Morgan fingerprint density at radius 2 is 1.42 bits per heavy atom. The summed E-state index contributed by atoms with van der Waals surface area (Å²) >= 11 is 0. The van der Waals surface area contributed by atoms with E-state index in [4.69, 9.17) is 4.74 Å². The molecule has 3 aromatic carbocycles. The number of amides is 3. The number of carbonyl (C=O) groups is 3. The Labute approximate surface area is 220 Å². The number of ether oxygens (including phenoxy) is 1. The van der Waals surface area contributed by atoms with Crippen molar-refractivity contribution in [2.24, 2.45) is 5.41 Å². The molecule has 3 aromatic rings. The summed E-state index contributed by atoms with van der Waals surface area (Å²) in [4.78, 5) is 39.5. The molecule has 10 nitrogen and oxygen atoms in total. The van der Waals surface area contributed by atoms with Crippen LogP contribution in [0.2, 0.25) is 0 Å². The molecule has 0 radical (unpaired) electrons. The number of hydroxylamine groups is 1. The number of likely N-dealkylation sites (N-methyl/N-ethyl adjacent to an activating group) is 1. The average Bonchev–Trinajstić information content (AvgIpc) is 3.14. The lowest BCUT2D eigenvalue weighted by Gasteiger charge is -2.39. The summed E-state index contributed by atoms with van der Waals surface area (Å²) in [6, 6.07) is 19.5. The van der Waals surface area contributed by atoms with Gasteiger partial charge in [-0.3, -0.25) is 24.5 Å². The Morgan fingerprint density at radius 3 is 1.95 bits per heavy atom. The molecule has 198 valence electrons. The highest BCUT2D eigenvalue weighted by Gasteiger charge is 2.47. The number of imide groups is 1. The number of nitrogens with zero attached hydrogens (tertiary/aromatic N) is 2. The van der Waals surface area contributed by atoms with E-state index in [1.54, 1.807) is 50.2 Å². The summed E-state index contributed by atoms with van der Waals surface area (Å²) in [5.41, 5.74) is 0.679. The Hall–Kier alpha value is -4.06. The standard InChI is InChI=1S/C27H27N3O7S/c1-27(2,17-30-25(32)21-11-7-8-12-22(21)26(30)33)23(24(31)28-34)29(3)38(35,36)20-15-13-19(14-16-20)37-18-9-5-4-6-10-18/h4-16,23,34H,17H2,1-3H3,(H,28,31). The maximum atomic E-state index is 13.5. The SMILES string of the molecule is CN(C(C(=O)NO)C(C)(C)CN1C(=O)c2ccccc2C1=O)S(=O)(=O)c1ccc(Oc2ccccc2)cc1. The molecule has 0 bridgehead atoms. The van der Waals surface area contributed by atoms with Crippen molar-refractivity contribution in [2.75, 3.05) is 13.6 Å².